The van der Waals surface area contributed by atoms with E-state index < -0.39 is 0 Å². The Bertz CT molecular complexity index is 753. The molecule has 0 aliphatic heterocycles. The highest BCUT2D eigenvalue weighted by atomic mass is 16.1. The van der Waals surface area contributed by atoms with Crippen LogP contribution in [0.3, 0.4) is 0 Å². The molecule has 20 heavy (non-hydrogen) atoms. The normalized spacial score (nSPS) is 10.6. The van der Waals surface area contributed by atoms with Gasteiger partial charge in [-0.05, 0) is 12.1 Å². The maximum Gasteiger partial charge on any atom is 0.270 e. The average molecular weight is 268 g/mol. The van der Waals surface area contributed by atoms with Gasteiger partial charge in [-0.3, -0.25) is 9.89 Å². The van der Waals surface area contributed by atoms with E-state index in [0.29, 0.717) is 17.0 Å². The molecule has 0 radical (unpaired) electrons. The van der Waals surface area contributed by atoms with Gasteiger partial charge in [0.15, 0.2) is 0 Å². The van der Waals surface area contributed by atoms with Gasteiger partial charge in [0.1, 0.15) is 17.8 Å². The molecule has 2 aromatic heterocycles. The van der Waals surface area contributed by atoms with Crippen molar-refractivity contribution in [2.75, 3.05) is 5.73 Å². The van der Waals surface area contributed by atoms with Crippen LogP contribution in [-0.2, 0) is 6.54 Å². The summed E-state index contributed by atoms with van der Waals surface area (Å²) in [6.45, 7) is 0.257. The largest absolute Gasteiger partial charge is 0.398 e. The number of amides is 1. The van der Waals surface area contributed by atoms with E-state index in [1.807, 2.05) is 24.3 Å². The lowest BCUT2D eigenvalue weighted by atomic mass is 10.1. The maximum absolute atomic E-state index is 12.0. The Morgan fingerprint density at radius 1 is 1.35 bits per heavy atom. The predicted octanol–water partition coefficient (Wildman–Crippen LogP) is 0.865. The van der Waals surface area contributed by atoms with Gasteiger partial charge in [-0.2, -0.15) is 5.10 Å². The number of nitrogens with zero attached hydrogens (tertiary/aromatic N) is 3. The monoisotopic (exact) mass is 268 g/mol. The van der Waals surface area contributed by atoms with Crippen LogP contribution in [0, 0.1) is 0 Å². The molecular weight excluding hydrogens is 256 g/mol. The molecule has 0 bridgehead atoms. The summed E-state index contributed by atoms with van der Waals surface area (Å²) in [4.78, 5) is 20.3. The van der Waals surface area contributed by atoms with Gasteiger partial charge in [-0.15, -0.1) is 0 Å². The number of nitrogens with two attached hydrogens (primary N) is 1. The number of nitrogen functional groups attached to an aromatic ring is 1. The van der Waals surface area contributed by atoms with Crippen molar-refractivity contribution < 1.29 is 4.79 Å². The van der Waals surface area contributed by atoms with Crippen LogP contribution in [-0.4, -0.2) is 26.1 Å². The second-order valence-corrected chi connectivity index (χ2v) is 4.23. The number of hydrogen-bond donors (Lipinski definition) is 3. The van der Waals surface area contributed by atoms with Crippen molar-refractivity contribution in [2.45, 2.75) is 6.54 Å². The molecule has 3 rings (SSSR count). The first-order valence-corrected chi connectivity index (χ1v) is 6.02. The molecule has 7 heteroatoms. The van der Waals surface area contributed by atoms with E-state index in [-0.39, 0.29) is 18.1 Å². The van der Waals surface area contributed by atoms with Gasteiger partial charge >= 0.3 is 0 Å². The second-order valence-electron chi connectivity index (χ2n) is 4.23. The molecule has 1 aromatic carbocycles. The first kappa shape index (κ1) is 12.1. The Balaban J connectivity index is 1.84. The molecule has 0 aliphatic carbocycles. The minimum atomic E-state index is -0.307. The number of anilines is 1. The van der Waals surface area contributed by atoms with E-state index in [0.717, 1.165) is 5.39 Å². The lowest BCUT2D eigenvalue weighted by molar-refractivity contribution is 0.0945. The standard InChI is InChI=1S/C13H12N6O/c14-9-5-11(18-10-4-2-1-3-8(9)10)13(20)15-6-12-16-7-17-19-12/h1-5,7H,6H2,(H2,14,18)(H,15,20)(H,16,17,19). The van der Waals surface area contributed by atoms with Crippen molar-refractivity contribution in [3.8, 4) is 0 Å². The van der Waals surface area contributed by atoms with E-state index in [9.17, 15) is 4.79 Å². The van der Waals surface area contributed by atoms with Crippen LogP contribution in [0.1, 0.15) is 16.3 Å². The van der Waals surface area contributed by atoms with Crippen LogP contribution in [0.5, 0.6) is 0 Å². The second kappa shape index (κ2) is 4.96. The Morgan fingerprint density at radius 2 is 2.20 bits per heavy atom. The van der Waals surface area contributed by atoms with Gasteiger partial charge in [0, 0.05) is 11.1 Å². The molecule has 0 fully saturated rings. The molecule has 100 valence electrons. The zero-order valence-corrected chi connectivity index (χ0v) is 10.5. The van der Waals surface area contributed by atoms with Crippen LogP contribution < -0.4 is 11.1 Å². The Morgan fingerprint density at radius 3 is 3.00 bits per heavy atom. The lowest BCUT2D eigenvalue weighted by Gasteiger charge is -2.06. The summed E-state index contributed by atoms with van der Waals surface area (Å²) in [5.74, 6) is 0.269. The van der Waals surface area contributed by atoms with E-state index >= 15 is 0 Å². The lowest BCUT2D eigenvalue weighted by Crippen LogP contribution is -2.24. The van der Waals surface area contributed by atoms with Gasteiger partial charge in [0.2, 0.25) is 0 Å². The number of pyridine rings is 1. The van der Waals surface area contributed by atoms with Crippen LogP contribution in [0.2, 0.25) is 0 Å². The summed E-state index contributed by atoms with van der Waals surface area (Å²) in [6, 6.07) is 8.99. The first-order valence-electron chi connectivity index (χ1n) is 6.02. The van der Waals surface area contributed by atoms with Crippen LogP contribution in [0.25, 0.3) is 10.9 Å². The van der Waals surface area contributed by atoms with Crippen molar-refractivity contribution >= 4 is 22.5 Å². The summed E-state index contributed by atoms with van der Waals surface area (Å²) in [6.07, 6.45) is 1.38. The Hall–Kier alpha value is -2.96. The summed E-state index contributed by atoms with van der Waals surface area (Å²) >= 11 is 0. The van der Waals surface area contributed by atoms with Crippen molar-refractivity contribution in [3.05, 3.63) is 48.2 Å². The zero-order valence-electron chi connectivity index (χ0n) is 10.5. The van der Waals surface area contributed by atoms with Crippen molar-refractivity contribution in [1.29, 1.82) is 0 Å². The number of H-pyrrole nitrogens is 1. The summed E-state index contributed by atoms with van der Waals surface area (Å²) in [7, 11) is 0. The zero-order chi connectivity index (χ0) is 13.9. The van der Waals surface area contributed by atoms with Gasteiger partial charge in [-0.25, -0.2) is 9.97 Å². The number of rotatable bonds is 3. The molecule has 0 saturated heterocycles. The molecule has 0 saturated carbocycles. The van der Waals surface area contributed by atoms with Crippen LogP contribution in [0.15, 0.2) is 36.7 Å². The van der Waals surface area contributed by atoms with E-state index in [4.69, 9.17) is 5.73 Å². The number of carbonyl (C=O) groups is 1. The molecule has 1 amide bonds. The summed E-state index contributed by atoms with van der Waals surface area (Å²) in [5, 5.41) is 9.90. The molecular formula is C13H12N6O. The highest BCUT2D eigenvalue weighted by Gasteiger charge is 2.10. The minimum Gasteiger partial charge on any atom is -0.398 e. The third-order valence-electron chi connectivity index (χ3n) is 2.86. The molecule has 0 spiro atoms. The van der Waals surface area contributed by atoms with Crippen LogP contribution >= 0.6 is 0 Å². The molecule has 4 N–H and O–H groups in total. The van der Waals surface area contributed by atoms with Crippen molar-refractivity contribution in [2.24, 2.45) is 0 Å². The van der Waals surface area contributed by atoms with Crippen LogP contribution in [0.4, 0.5) is 5.69 Å². The fraction of sp³-hybridized carbons (Fsp3) is 0.0769. The van der Waals surface area contributed by atoms with Gasteiger partial charge in [-0.1, -0.05) is 18.2 Å². The number of carbonyl (C=O) groups excluding carboxylic acids is 1. The topological polar surface area (TPSA) is 110 Å². The number of para-hydroxylation sites is 1. The first-order chi connectivity index (χ1) is 9.74. The number of fused-ring (bicyclic) bond motifs is 1. The SMILES string of the molecule is Nc1cc(C(=O)NCc2ncn[nH]2)nc2ccccc12. The number of benzene rings is 1. The van der Waals surface area contributed by atoms with Gasteiger partial charge < -0.3 is 11.1 Å². The molecule has 2 heterocycles. The number of aromatic amines is 1. The Labute approximate surface area is 114 Å². The molecule has 3 aromatic rings. The van der Waals surface area contributed by atoms with E-state index in [1.54, 1.807) is 6.07 Å². The highest BCUT2D eigenvalue weighted by molar-refractivity contribution is 5.99. The number of aromatic nitrogens is 4. The minimum absolute atomic E-state index is 0.257. The van der Waals surface area contributed by atoms with Crippen molar-refractivity contribution in [3.63, 3.8) is 0 Å². The van der Waals surface area contributed by atoms with Crippen molar-refractivity contribution in [1.82, 2.24) is 25.5 Å². The third-order valence-corrected chi connectivity index (χ3v) is 2.86. The quantitative estimate of drug-likeness (QED) is 0.652. The fourth-order valence-corrected chi connectivity index (χ4v) is 1.89. The maximum atomic E-state index is 12.0. The molecule has 0 unspecified atom stereocenters. The summed E-state index contributed by atoms with van der Waals surface area (Å²) < 4.78 is 0. The number of nitrogens with one attached hydrogen (secondary N) is 2. The van der Waals surface area contributed by atoms with E-state index in [1.165, 1.54) is 6.33 Å². The third kappa shape index (κ3) is 2.28. The van der Waals surface area contributed by atoms with E-state index in [2.05, 4.69) is 25.5 Å². The predicted molar refractivity (Wildman–Crippen MR) is 73.7 cm³/mol. The molecule has 0 aliphatic rings. The highest BCUT2D eigenvalue weighted by Crippen LogP contribution is 2.19. The molecule has 7 nitrogen and oxygen atoms in total. The number of hydrogen-bond acceptors (Lipinski definition) is 5. The van der Waals surface area contributed by atoms with Gasteiger partial charge in [0.25, 0.3) is 5.91 Å². The summed E-state index contributed by atoms with van der Waals surface area (Å²) in [5.41, 5.74) is 7.44. The molecule has 0 atom stereocenters. The fourth-order valence-electron chi connectivity index (χ4n) is 1.89. The Kier molecular flexibility index (Phi) is 3.00. The average Bonchev–Trinajstić information content (AvgIpc) is 2.98. The van der Waals surface area contributed by atoms with Gasteiger partial charge in [0.05, 0.1) is 12.1 Å². The smallest absolute Gasteiger partial charge is 0.270 e.